The van der Waals surface area contributed by atoms with Crippen LogP contribution in [0.15, 0.2) is 59.5 Å². The summed E-state index contributed by atoms with van der Waals surface area (Å²) in [5, 5.41) is -1.26. The van der Waals surface area contributed by atoms with Gasteiger partial charge in [-0.2, -0.15) is 0 Å². The number of hydrogen-bond donors (Lipinski definition) is 0. The fourth-order valence-electron chi connectivity index (χ4n) is 5.77. The van der Waals surface area contributed by atoms with Crippen LogP contribution >= 0.6 is 23.4 Å². The molecular weight excluding hydrogens is 531 g/mol. The van der Waals surface area contributed by atoms with E-state index in [-0.39, 0.29) is 17.8 Å². The molecular formula is C32H36ClFN2O2S. The molecule has 4 nitrogen and oxygen atoms in total. The summed E-state index contributed by atoms with van der Waals surface area (Å²) in [5.41, 5.74) is 5.69. The molecule has 7 heteroatoms. The number of ether oxygens (including phenoxy) is 1. The topological polar surface area (TPSA) is 32.8 Å². The van der Waals surface area contributed by atoms with Crippen LogP contribution in [-0.4, -0.2) is 43.3 Å². The summed E-state index contributed by atoms with van der Waals surface area (Å²) < 4.78 is 20.6. The van der Waals surface area contributed by atoms with Crippen molar-refractivity contribution in [3.05, 3.63) is 77.1 Å². The number of fused-ring (bicyclic) bond motifs is 1. The maximum atomic E-state index is 14.8. The number of rotatable bonds is 7. The number of carbonyl (C=O) groups excluding carboxylic acids is 1. The van der Waals surface area contributed by atoms with Crippen LogP contribution in [-0.2, 0) is 11.3 Å². The average Bonchev–Trinajstić information content (AvgIpc) is 3.32. The van der Waals surface area contributed by atoms with Gasteiger partial charge in [0.25, 0.3) is 0 Å². The zero-order chi connectivity index (χ0) is 27.7. The monoisotopic (exact) mass is 566 g/mol. The highest BCUT2D eigenvalue weighted by molar-refractivity contribution is 8.01. The van der Waals surface area contributed by atoms with Crippen molar-refractivity contribution in [2.75, 3.05) is 26.1 Å². The van der Waals surface area contributed by atoms with Gasteiger partial charge in [-0.05, 0) is 66.8 Å². The van der Waals surface area contributed by atoms with Gasteiger partial charge in [-0.15, -0.1) is 23.4 Å². The van der Waals surface area contributed by atoms with Crippen LogP contribution in [0.3, 0.4) is 0 Å². The summed E-state index contributed by atoms with van der Waals surface area (Å²) in [6.45, 7) is 2.37. The van der Waals surface area contributed by atoms with Crippen LogP contribution in [0.5, 0.6) is 5.75 Å². The quantitative estimate of drug-likeness (QED) is 0.271. The summed E-state index contributed by atoms with van der Waals surface area (Å²) >= 11 is 8.24. The Labute approximate surface area is 240 Å². The summed E-state index contributed by atoms with van der Waals surface area (Å²) in [6, 6.07) is 18.0. The molecule has 1 heterocycles. The number of halogens is 2. The van der Waals surface area contributed by atoms with E-state index in [4.69, 9.17) is 16.3 Å². The molecule has 39 heavy (non-hydrogen) atoms. The lowest BCUT2D eigenvalue weighted by Crippen LogP contribution is -2.45. The molecule has 2 atom stereocenters. The molecule has 3 aromatic carbocycles. The van der Waals surface area contributed by atoms with Crippen LogP contribution in [0.2, 0.25) is 0 Å². The van der Waals surface area contributed by atoms with Crippen LogP contribution in [0.25, 0.3) is 11.1 Å². The Bertz CT molecular complexity index is 1340. The third-order valence-corrected chi connectivity index (χ3v) is 10.1. The lowest BCUT2D eigenvalue weighted by molar-refractivity contribution is -0.134. The van der Waals surface area contributed by atoms with Gasteiger partial charge in [-0.1, -0.05) is 43.5 Å². The Morgan fingerprint density at radius 1 is 1.03 bits per heavy atom. The van der Waals surface area contributed by atoms with Crippen LogP contribution in [0, 0.1) is 12.7 Å². The predicted octanol–water partition coefficient (Wildman–Crippen LogP) is 7.99. The number of carbonyl (C=O) groups is 1. The van der Waals surface area contributed by atoms with E-state index in [0.717, 1.165) is 64.3 Å². The van der Waals surface area contributed by atoms with Gasteiger partial charge < -0.3 is 14.5 Å². The molecule has 2 unspecified atom stereocenters. The number of benzene rings is 3. The molecule has 1 aliphatic heterocycles. The molecule has 1 fully saturated rings. The standard InChI is InChI=1S/C32H36ClFN2O2S/c1-20-10-16-26(34)28-29(33)31(39-30(20)28)32(37)36(25-8-6-5-7-9-25)19-23-18-22(13-17-27(23)38-4)21-11-14-24(15-12-21)35(2)3/h10-18,25,29,31H,5-9,19H2,1-4H3. The first kappa shape index (κ1) is 27.9. The Morgan fingerprint density at radius 2 is 1.72 bits per heavy atom. The van der Waals surface area contributed by atoms with E-state index < -0.39 is 10.6 Å². The molecule has 0 bridgehead atoms. The maximum Gasteiger partial charge on any atom is 0.238 e. The number of hydrogen-bond acceptors (Lipinski definition) is 4. The van der Waals surface area contributed by atoms with Crippen molar-refractivity contribution in [3.8, 4) is 16.9 Å². The number of nitrogens with zero attached hydrogens (tertiary/aromatic N) is 2. The van der Waals surface area contributed by atoms with E-state index in [2.05, 4.69) is 41.3 Å². The number of methoxy groups -OCH3 is 1. The van der Waals surface area contributed by atoms with Crippen LogP contribution in [0.4, 0.5) is 10.1 Å². The highest BCUT2D eigenvalue weighted by Gasteiger charge is 2.43. The Balaban J connectivity index is 1.47. The van der Waals surface area contributed by atoms with Gasteiger partial charge in [0.1, 0.15) is 16.8 Å². The second-order valence-corrected chi connectivity index (χ2v) is 12.4. The zero-order valence-corrected chi connectivity index (χ0v) is 24.6. The molecule has 0 saturated heterocycles. The molecule has 3 aromatic rings. The van der Waals surface area contributed by atoms with E-state index >= 15 is 0 Å². The number of alkyl halides is 1. The van der Waals surface area contributed by atoms with Gasteiger partial charge in [0.2, 0.25) is 5.91 Å². The smallest absolute Gasteiger partial charge is 0.238 e. The van der Waals surface area contributed by atoms with Crippen molar-refractivity contribution >= 4 is 35.0 Å². The number of thioether (sulfide) groups is 1. The molecule has 0 N–H and O–H groups in total. The molecule has 5 rings (SSSR count). The highest BCUT2D eigenvalue weighted by atomic mass is 35.5. The minimum absolute atomic E-state index is 0.0234. The molecule has 2 aliphatic rings. The molecule has 1 aliphatic carbocycles. The first-order chi connectivity index (χ1) is 18.8. The predicted molar refractivity (Wildman–Crippen MR) is 160 cm³/mol. The molecule has 0 spiro atoms. The third-order valence-electron chi connectivity index (χ3n) is 8.01. The Hall–Kier alpha value is -2.70. The Morgan fingerprint density at radius 3 is 2.36 bits per heavy atom. The molecule has 1 amide bonds. The number of aryl methyl sites for hydroxylation is 1. The normalized spacial score (nSPS) is 19.0. The maximum absolute atomic E-state index is 14.8. The van der Waals surface area contributed by atoms with Crippen molar-refractivity contribution in [2.24, 2.45) is 0 Å². The molecule has 0 aromatic heterocycles. The lowest BCUT2D eigenvalue weighted by atomic mass is 9.93. The van der Waals surface area contributed by atoms with E-state index in [1.54, 1.807) is 13.2 Å². The van der Waals surface area contributed by atoms with Crippen LogP contribution in [0.1, 0.15) is 54.2 Å². The largest absolute Gasteiger partial charge is 0.496 e. The minimum atomic E-state index is -0.702. The second-order valence-electron chi connectivity index (χ2n) is 10.8. The van der Waals surface area contributed by atoms with E-state index in [1.807, 2.05) is 32.0 Å². The van der Waals surface area contributed by atoms with Crippen molar-refractivity contribution in [2.45, 2.75) is 67.1 Å². The van der Waals surface area contributed by atoms with Crippen LogP contribution < -0.4 is 9.64 Å². The van der Waals surface area contributed by atoms with Gasteiger partial charge in [-0.25, -0.2) is 4.39 Å². The zero-order valence-electron chi connectivity index (χ0n) is 23.0. The number of anilines is 1. The SMILES string of the molecule is COc1ccc(-c2ccc(N(C)C)cc2)cc1CN(C(=O)C1Sc2c(C)ccc(F)c2C1Cl)C1CCCCC1. The molecule has 206 valence electrons. The summed E-state index contributed by atoms with van der Waals surface area (Å²) in [6.07, 6.45) is 5.31. The first-order valence-electron chi connectivity index (χ1n) is 13.6. The minimum Gasteiger partial charge on any atom is -0.496 e. The van der Waals surface area contributed by atoms with E-state index in [1.165, 1.54) is 24.2 Å². The summed E-state index contributed by atoms with van der Waals surface area (Å²) in [5.74, 6) is 0.394. The van der Waals surface area contributed by atoms with Gasteiger partial charge in [0.05, 0.1) is 12.5 Å². The summed E-state index contributed by atoms with van der Waals surface area (Å²) in [4.78, 5) is 19.1. The van der Waals surface area contributed by atoms with Gasteiger partial charge in [-0.3, -0.25) is 4.79 Å². The fourth-order valence-corrected chi connectivity index (χ4v) is 7.66. The Kier molecular flexibility index (Phi) is 8.43. The van der Waals surface area contributed by atoms with Crippen molar-refractivity contribution in [3.63, 3.8) is 0 Å². The fraction of sp³-hybridized carbons (Fsp3) is 0.406. The first-order valence-corrected chi connectivity index (χ1v) is 14.9. The van der Waals surface area contributed by atoms with Gasteiger partial charge >= 0.3 is 0 Å². The van der Waals surface area contributed by atoms with Crippen molar-refractivity contribution < 1.29 is 13.9 Å². The third kappa shape index (κ3) is 5.64. The van der Waals surface area contributed by atoms with Gasteiger partial charge in [0, 0.05) is 48.4 Å². The van der Waals surface area contributed by atoms with E-state index in [9.17, 15) is 9.18 Å². The average molecular weight is 567 g/mol. The second kappa shape index (κ2) is 11.8. The number of amides is 1. The van der Waals surface area contributed by atoms with Crippen molar-refractivity contribution in [1.82, 2.24) is 4.90 Å². The highest BCUT2D eigenvalue weighted by Crippen LogP contribution is 2.51. The molecule has 1 saturated carbocycles. The summed E-state index contributed by atoms with van der Waals surface area (Å²) in [7, 11) is 5.72. The van der Waals surface area contributed by atoms with Gasteiger partial charge in [0.15, 0.2) is 0 Å². The van der Waals surface area contributed by atoms with E-state index in [0.29, 0.717) is 12.1 Å². The lowest BCUT2D eigenvalue weighted by Gasteiger charge is -2.36. The van der Waals surface area contributed by atoms with Crippen molar-refractivity contribution in [1.29, 1.82) is 0 Å². The molecule has 0 radical (unpaired) electrons.